The highest BCUT2D eigenvalue weighted by atomic mass is 35.5. The van der Waals surface area contributed by atoms with Crippen LogP contribution in [0.2, 0.25) is 15.1 Å². The summed E-state index contributed by atoms with van der Waals surface area (Å²) in [6, 6.07) is 15.3. The molecule has 3 N–H and O–H groups in total. The number of sulfonamides is 1. The van der Waals surface area contributed by atoms with Crippen molar-refractivity contribution in [2.75, 3.05) is 13.7 Å². The fourth-order valence-electron chi connectivity index (χ4n) is 3.11. The number of primary sulfonamides is 1. The van der Waals surface area contributed by atoms with Gasteiger partial charge in [0.2, 0.25) is 10.0 Å². The molecule has 3 rings (SSSR count). The van der Waals surface area contributed by atoms with Gasteiger partial charge in [-0.05, 0) is 54.4 Å². The number of methoxy groups -OCH3 is 1. The van der Waals surface area contributed by atoms with E-state index in [2.05, 4.69) is 5.32 Å². The lowest BCUT2D eigenvalue weighted by atomic mass is 10.1. The van der Waals surface area contributed by atoms with Gasteiger partial charge in [-0.15, -0.1) is 0 Å². The molecule has 0 fully saturated rings. The van der Waals surface area contributed by atoms with E-state index in [9.17, 15) is 8.42 Å². The summed E-state index contributed by atoms with van der Waals surface area (Å²) in [4.78, 5) is 0.0946. The molecule has 33 heavy (non-hydrogen) atoms. The summed E-state index contributed by atoms with van der Waals surface area (Å²) >= 11 is 18.9. The Bertz CT molecular complexity index is 1200. The Morgan fingerprint density at radius 1 is 0.939 bits per heavy atom. The van der Waals surface area contributed by atoms with E-state index in [1.54, 1.807) is 43.5 Å². The number of hydrogen-bond acceptors (Lipinski definition) is 5. The quantitative estimate of drug-likeness (QED) is 0.352. The summed E-state index contributed by atoms with van der Waals surface area (Å²) in [6.07, 6.45) is 0.708. The van der Waals surface area contributed by atoms with Crippen molar-refractivity contribution in [3.63, 3.8) is 0 Å². The Morgan fingerprint density at radius 2 is 1.61 bits per heavy atom. The molecule has 0 spiro atoms. The summed E-state index contributed by atoms with van der Waals surface area (Å²) in [6.45, 7) is 1.35. The summed E-state index contributed by atoms with van der Waals surface area (Å²) in [5.74, 6) is 1.02. The van der Waals surface area contributed by atoms with Crippen LogP contribution in [-0.4, -0.2) is 22.1 Å². The highest BCUT2D eigenvalue weighted by Gasteiger charge is 2.13. The fraction of sp³-hybridized carbons (Fsp3) is 0.217. The molecule has 0 heterocycles. The Labute approximate surface area is 208 Å². The zero-order chi connectivity index (χ0) is 24.0. The molecule has 3 aromatic carbocycles. The lowest BCUT2D eigenvalue weighted by molar-refractivity contribution is 0.284. The summed E-state index contributed by atoms with van der Waals surface area (Å²) in [5, 5.41) is 10.0. The van der Waals surface area contributed by atoms with E-state index < -0.39 is 10.0 Å². The lowest BCUT2D eigenvalue weighted by Gasteiger charge is -2.15. The highest BCUT2D eigenvalue weighted by molar-refractivity contribution is 7.89. The van der Waals surface area contributed by atoms with Crippen LogP contribution in [0.3, 0.4) is 0 Å². The van der Waals surface area contributed by atoms with E-state index in [4.69, 9.17) is 49.4 Å². The average Bonchev–Trinajstić information content (AvgIpc) is 2.77. The average molecular weight is 530 g/mol. The number of benzene rings is 3. The number of nitrogens with one attached hydrogen (secondary N) is 1. The molecule has 3 aromatic rings. The van der Waals surface area contributed by atoms with Crippen molar-refractivity contribution < 1.29 is 17.9 Å². The zero-order valence-corrected chi connectivity index (χ0v) is 20.9. The van der Waals surface area contributed by atoms with E-state index in [0.717, 1.165) is 11.1 Å². The monoisotopic (exact) mass is 528 g/mol. The maximum absolute atomic E-state index is 11.3. The molecular weight excluding hydrogens is 507 g/mol. The van der Waals surface area contributed by atoms with E-state index in [0.29, 0.717) is 51.6 Å². The van der Waals surface area contributed by atoms with Crippen molar-refractivity contribution >= 4 is 44.8 Å². The van der Waals surface area contributed by atoms with E-state index in [1.807, 2.05) is 6.07 Å². The molecule has 10 heteroatoms. The topological polar surface area (TPSA) is 90.6 Å². The van der Waals surface area contributed by atoms with Gasteiger partial charge in [0.1, 0.15) is 6.61 Å². The first-order chi connectivity index (χ1) is 15.7. The van der Waals surface area contributed by atoms with Gasteiger partial charge in [0, 0.05) is 33.2 Å². The molecule has 0 bridgehead atoms. The van der Waals surface area contributed by atoms with Crippen LogP contribution in [0.4, 0.5) is 0 Å². The maximum atomic E-state index is 11.3. The van der Waals surface area contributed by atoms with Gasteiger partial charge >= 0.3 is 0 Å². The van der Waals surface area contributed by atoms with E-state index in [1.165, 1.54) is 12.1 Å². The van der Waals surface area contributed by atoms with Gasteiger partial charge in [0.25, 0.3) is 0 Å². The van der Waals surface area contributed by atoms with Gasteiger partial charge < -0.3 is 14.8 Å². The van der Waals surface area contributed by atoms with Crippen molar-refractivity contribution in [2.45, 2.75) is 24.5 Å². The lowest BCUT2D eigenvalue weighted by Crippen LogP contribution is -2.17. The standard InChI is InChI=1S/C23H23Cl3N2O4S/c1-31-22-11-16(13-28-10-9-15-5-7-17(8-6-15)33(27,29)30)21(26)12-23(22)32-14-18-19(24)3-2-4-20(18)25/h2-8,11-12,28H,9-10,13-14H2,1H3,(H2,27,29,30). The van der Waals surface area contributed by atoms with Crippen LogP contribution in [0.15, 0.2) is 59.5 Å². The van der Waals surface area contributed by atoms with Crippen LogP contribution >= 0.6 is 34.8 Å². The molecule has 0 amide bonds. The molecule has 0 radical (unpaired) electrons. The van der Waals surface area contributed by atoms with Crippen LogP contribution < -0.4 is 19.9 Å². The molecule has 176 valence electrons. The first-order valence-electron chi connectivity index (χ1n) is 9.93. The van der Waals surface area contributed by atoms with Gasteiger partial charge in [-0.2, -0.15) is 0 Å². The summed E-state index contributed by atoms with van der Waals surface area (Å²) in [5.41, 5.74) is 2.52. The molecule has 0 saturated heterocycles. The van der Waals surface area contributed by atoms with Gasteiger partial charge in [-0.25, -0.2) is 13.6 Å². The predicted molar refractivity (Wildman–Crippen MR) is 132 cm³/mol. The second kappa shape index (κ2) is 11.4. The SMILES string of the molecule is COc1cc(CNCCc2ccc(S(N)(=O)=O)cc2)c(Cl)cc1OCc1c(Cl)cccc1Cl. The van der Waals surface area contributed by atoms with Crippen molar-refractivity contribution in [2.24, 2.45) is 5.14 Å². The second-order valence-corrected chi connectivity index (χ2v) is 9.98. The smallest absolute Gasteiger partial charge is 0.238 e. The third-order valence-corrected chi connectivity index (χ3v) is 6.91. The molecule has 0 saturated carbocycles. The van der Waals surface area contributed by atoms with Crippen LogP contribution in [0.5, 0.6) is 11.5 Å². The molecule has 0 atom stereocenters. The molecule has 0 aromatic heterocycles. The fourth-order valence-corrected chi connectivity index (χ4v) is 4.35. The number of nitrogens with two attached hydrogens (primary N) is 1. The minimum atomic E-state index is -3.69. The minimum Gasteiger partial charge on any atom is -0.493 e. The summed E-state index contributed by atoms with van der Waals surface area (Å²) in [7, 11) is -2.13. The van der Waals surface area contributed by atoms with Crippen molar-refractivity contribution in [3.05, 3.63) is 86.4 Å². The van der Waals surface area contributed by atoms with Crippen LogP contribution in [-0.2, 0) is 29.6 Å². The number of halogens is 3. The highest BCUT2D eigenvalue weighted by Crippen LogP contribution is 2.35. The van der Waals surface area contributed by atoms with Gasteiger partial charge in [0.05, 0.1) is 12.0 Å². The van der Waals surface area contributed by atoms with Crippen molar-refractivity contribution in [3.8, 4) is 11.5 Å². The maximum Gasteiger partial charge on any atom is 0.238 e. The second-order valence-electron chi connectivity index (χ2n) is 7.20. The molecule has 0 aliphatic carbocycles. The van der Waals surface area contributed by atoms with Crippen molar-refractivity contribution in [1.29, 1.82) is 0 Å². The normalized spacial score (nSPS) is 11.4. The molecular formula is C23H23Cl3N2O4S. The first-order valence-corrected chi connectivity index (χ1v) is 12.6. The van der Waals surface area contributed by atoms with Crippen LogP contribution in [0, 0.1) is 0 Å². The van der Waals surface area contributed by atoms with Gasteiger partial charge in [-0.1, -0.05) is 53.0 Å². The van der Waals surface area contributed by atoms with E-state index >= 15 is 0 Å². The largest absolute Gasteiger partial charge is 0.493 e. The van der Waals surface area contributed by atoms with E-state index in [-0.39, 0.29) is 11.5 Å². The minimum absolute atomic E-state index is 0.0946. The third kappa shape index (κ3) is 6.99. The van der Waals surface area contributed by atoms with Gasteiger partial charge in [0.15, 0.2) is 11.5 Å². The Morgan fingerprint density at radius 3 is 2.21 bits per heavy atom. The first kappa shape index (κ1) is 25.6. The zero-order valence-electron chi connectivity index (χ0n) is 17.8. The predicted octanol–water partition coefficient (Wildman–Crippen LogP) is 5.21. The van der Waals surface area contributed by atoms with Crippen LogP contribution in [0.25, 0.3) is 0 Å². The third-order valence-electron chi connectivity index (χ3n) is 4.92. The Hall–Kier alpha value is -2.00. The van der Waals surface area contributed by atoms with Crippen molar-refractivity contribution in [1.82, 2.24) is 5.32 Å². The number of rotatable bonds is 10. The van der Waals surface area contributed by atoms with Crippen LogP contribution in [0.1, 0.15) is 16.7 Å². The Kier molecular flexibility index (Phi) is 8.87. The molecule has 0 aliphatic heterocycles. The molecule has 0 unspecified atom stereocenters. The summed E-state index contributed by atoms with van der Waals surface area (Å²) < 4.78 is 34.0. The Balaban J connectivity index is 1.59. The number of hydrogen-bond donors (Lipinski definition) is 2. The number of ether oxygens (including phenoxy) is 2. The molecule has 0 aliphatic rings. The molecule has 6 nitrogen and oxygen atoms in total. The van der Waals surface area contributed by atoms with Gasteiger partial charge in [-0.3, -0.25) is 0 Å².